The molecule has 0 aliphatic carbocycles. The summed E-state index contributed by atoms with van der Waals surface area (Å²) in [4.78, 5) is 24.6. The van der Waals surface area contributed by atoms with Gasteiger partial charge in [0.25, 0.3) is 5.91 Å². The first-order chi connectivity index (χ1) is 13.9. The Morgan fingerprint density at radius 1 is 1.14 bits per heavy atom. The summed E-state index contributed by atoms with van der Waals surface area (Å²) in [7, 11) is 3.10. The van der Waals surface area contributed by atoms with Gasteiger partial charge < -0.3 is 19.5 Å². The number of methoxy groups -OCH3 is 2. The molecule has 0 aromatic heterocycles. The van der Waals surface area contributed by atoms with Gasteiger partial charge >= 0.3 is 5.97 Å². The van der Waals surface area contributed by atoms with Gasteiger partial charge in [0.2, 0.25) is 0 Å². The third-order valence-electron chi connectivity index (χ3n) is 4.49. The fraction of sp³-hybridized carbons (Fsp3) is 0.304. The maximum absolute atomic E-state index is 12.5. The molecule has 0 saturated carbocycles. The number of benzene rings is 2. The number of hydrogen-bond donors (Lipinski definition) is 1. The molecule has 1 amide bonds. The van der Waals surface area contributed by atoms with Crippen LogP contribution in [-0.4, -0.2) is 32.2 Å². The fourth-order valence-corrected chi connectivity index (χ4v) is 2.81. The third kappa shape index (κ3) is 5.85. The van der Waals surface area contributed by atoms with Gasteiger partial charge in [-0.2, -0.15) is 0 Å². The molecule has 2 rings (SSSR count). The number of ether oxygens (including phenoxy) is 3. The average Bonchev–Trinajstić information content (AvgIpc) is 2.73. The van der Waals surface area contributed by atoms with Crippen molar-refractivity contribution in [1.82, 2.24) is 0 Å². The van der Waals surface area contributed by atoms with Gasteiger partial charge in [0.05, 0.1) is 14.2 Å². The Labute approximate surface area is 171 Å². The minimum absolute atomic E-state index is 0.377. The molecule has 2 aromatic rings. The van der Waals surface area contributed by atoms with E-state index in [1.165, 1.54) is 13.2 Å². The number of rotatable bonds is 8. The Kier molecular flexibility index (Phi) is 7.83. The van der Waals surface area contributed by atoms with Crippen LogP contribution in [0.3, 0.4) is 0 Å². The Hall–Kier alpha value is -3.28. The number of para-hydroxylation sites is 1. The van der Waals surface area contributed by atoms with Gasteiger partial charge in [0.1, 0.15) is 11.5 Å². The van der Waals surface area contributed by atoms with Crippen LogP contribution in [0, 0.1) is 6.92 Å². The zero-order chi connectivity index (χ0) is 21.4. The molecule has 0 fully saturated rings. The van der Waals surface area contributed by atoms with Crippen LogP contribution in [0.5, 0.6) is 11.5 Å². The van der Waals surface area contributed by atoms with Crippen molar-refractivity contribution in [2.75, 3.05) is 19.5 Å². The molecule has 2 aromatic carbocycles. The highest BCUT2D eigenvalue weighted by Gasteiger charge is 2.18. The molecule has 6 nitrogen and oxygen atoms in total. The maximum atomic E-state index is 12.5. The van der Waals surface area contributed by atoms with E-state index in [4.69, 9.17) is 14.2 Å². The standard InChI is InChI=1S/C23H27NO5/c1-6-17-9-7-8-15(2)22(17)24-23(26)16(3)29-21(25)13-11-18-10-12-19(27-4)14-20(18)28-5/h7-14,16H,6H2,1-5H3,(H,24,26)/b13-11+. The summed E-state index contributed by atoms with van der Waals surface area (Å²) in [5.41, 5.74) is 3.45. The minimum Gasteiger partial charge on any atom is -0.497 e. The summed E-state index contributed by atoms with van der Waals surface area (Å²) >= 11 is 0. The summed E-state index contributed by atoms with van der Waals surface area (Å²) < 4.78 is 15.7. The van der Waals surface area contributed by atoms with Crippen LogP contribution in [0.4, 0.5) is 5.69 Å². The minimum atomic E-state index is -0.936. The second-order valence-electron chi connectivity index (χ2n) is 6.47. The molecule has 0 heterocycles. The normalized spacial score (nSPS) is 11.8. The number of anilines is 1. The van der Waals surface area contributed by atoms with Crippen LogP contribution < -0.4 is 14.8 Å². The predicted molar refractivity (Wildman–Crippen MR) is 113 cm³/mol. The van der Waals surface area contributed by atoms with Crippen molar-refractivity contribution in [3.63, 3.8) is 0 Å². The molecule has 154 valence electrons. The van der Waals surface area contributed by atoms with Gasteiger partial charge in [0, 0.05) is 23.4 Å². The molecule has 1 unspecified atom stereocenters. The number of esters is 1. The van der Waals surface area contributed by atoms with Gasteiger partial charge in [-0.1, -0.05) is 25.1 Å². The Morgan fingerprint density at radius 3 is 2.55 bits per heavy atom. The lowest BCUT2D eigenvalue weighted by Crippen LogP contribution is -2.30. The summed E-state index contributed by atoms with van der Waals surface area (Å²) in [5.74, 6) is 0.212. The van der Waals surface area contributed by atoms with E-state index in [0.29, 0.717) is 17.1 Å². The van der Waals surface area contributed by atoms with Crippen LogP contribution in [0.2, 0.25) is 0 Å². The van der Waals surface area contributed by atoms with Gasteiger partial charge in [-0.3, -0.25) is 4.79 Å². The molecular formula is C23H27NO5. The van der Waals surface area contributed by atoms with Crippen molar-refractivity contribution in [2.45, 2.75) is 33.3 Å². The molecule has 6 heteroatoms. The zero-order valence-corrected chi connectivity index (χ0v) is 17.4. The van der Waals surface area contributed by atoms with Gasteiger partial charge in [-0.05, 0) is 49.6 Å². The summed E-state index contributed by atoms with van der Waals surface area (Å²) in [6.07, 6.45) is 2.69. The molecule has 0 saturated heterocycles. The quantitative estimate of drug-likeness (QED) is 0.535. The van der Waals surface area contributed by atoms with Crippen molar-refractivity contribution in [2.24, 2.45) is 0 Å². The molecule has 1 N–H and O–H groups in total. The molecule has 0 aliphatic rings. The highest BCUT2D eigenvalue weighted by molar-refractivity contribution is 5.97. The van der Waals surface area contributed by atoms with Crippen molar-refractivity contribution >= 4 is 23.6 Å². The smallest absolute Gasteiger partial charge is 0.331 e. The number of amides is 1. The molecule has 29 heavy (non-hydrogen) atoms. The number of carbonyl (C=O) groups is 2. The zero-order valence-electron chi connectivity index (χ0n) is 17.4. The van der Waals surface area contributed by atoms with E-state index in [1.54, 1.807) is 38.3 Å². The van der Waals surface area contributed by atoms with E-state index >= 15 is 0 Å². The molecule has 0 bridgehead atoms. The summed E-state index contributed by atoms with van der Waals surface area (Å²) in [5, 5.41) is 2.87. The first kappa shape index (κ1) is 22.0. The first-order valence-corrected chi connectivity index (χ1v) is 9.39. The van der Waals surface area contributed by atoms with Crippen molar-refractivity contribution < 1.29 is 23.8 Å². The maximum Gasteiger partial charge on any atom is 0.331 e. The van der Waals surface area contributed by atoms with Crippen LogP contribution in [0.1, 0.15) is 30.5 Å². The van der Waals surface area contributed by atoms with Gasteiger partial charge in [-0.15, -0.1) is 0 Å². The highest BCUT2D eigenvalue weighted by Crippen LogP contribution is 2.25. The van der Waals surface area contributed by atoms with Crippen LogP contribution in [0.25, 0.3) is 6.08 Å². The lowest BCUT2D eigenvalue weighted by atomic mass is 10.1. The van der Waals surface area contributed by atoms with Gasteiger partial charge in [-0.25, -0.2) is 4.79 Å². The Morgan fingerprint density at radius 2 is 1.90 bits per heavy atom. The lowest BCUT2D eigenvalue weighted by molar-refractivity contribution is -0.148. The SMILES string of the molecule is CCc1cccc(C)c1NC(=O)C(C)OC(=O)/C=C/c1ccc(OC)cc1OC. The van der Waals surface area contributed by atoms with Crippen molar-refractivity contribution in [1.29, 1.82) is 0 Å². The van der Waals surface area contributed by atoms with Crippen LogP contribution in [0.15, 0.2) is 42.5 Å². The first-order valence-electron chi connectivity index (χ1n) is 9.39. The van der Waals surface area contributed by atoms with Crippen molar-refractivity contribution in [3.05, 3.63) is 59.2 Å². The molecule has 0 aliphatic heterocycles. The van der Waals surface area contributed by atoms with E-state index in [-0.39, 0.29) is 5.91 Å². The third-order valence-corrected chi connectivity index (χ3v) is 4.49. The Bertz CT molecular complexity index is 904. The van der Waals surface area contributed by atoms with Crippen LogP contribution in [-0.2, 0) is 20.7 Å². The lowest BCUT2D eigenvalue weighted by Gasteiger charge is -2.16. The number of nitrogens with one attached hydrogen (secondary N) is 1. The molecule has 1 atom stereocenters. The summed E-state index contributed by atoms with van der Waals surface area (Å²) in [6.45, 7) is 5.49. The summed E-state index contributed by atoms with van der Waals surface area (Å²) in [6, 6.07) is 11.1. The molecular weight excluding hydrogens is 370 g/mol. The second kappa shape index (κ2) is 10.3. The van der Waals surface area contributed by atoms with E-state index in [1.807, 2.05) is 32.0 Å². The monoisotopic (exact) mass is 397 g/mol. The van der Waals surface area contributed by atoms with E-state index in [0.717, 1.165) is 23.2 Å². The highest BCUT2D eigenvalue weighted by atomic mass is 16.5. The second-order valence-corrected chi connectivity index (χ2v) is 6.47. The molecule has 0 radical (unpaired) electrons. The predicted octanol–water partition coefficient (Wildman–Crippen LogP) is 4.16. The van der Waals surface area contributed by atoms with Crippen LogP contribution >= 0.6 is 0 Å². The van der Waals surface area contributed by atoms with Crippen molar-refractivity contribution in [3.8, 4) is 11.5 Å². The number of carbonyl (C=O) groups excluding carboxylic acids is 2. The number of hydrogen-bond acceptors (Lipinski definition) is 5. The topological polar surface area (TPSA) is 73.9 Å². The Balaban J connectivity index is 2.02. The average molecular weight is 397 g/mol. The molecule has 0 spiro atoms. The van der Waals surface area contributed by atoms with E-state index < -0.39 is 12.1 Å². The fourth-order valence-electron chi connectivity index (χ4n) is 2.81. The largest absolute Gasteiger partial charge is 0.497 e. The van der Waals surface area contributed by atoms with Gasteiger partial charge in [0.15, 0.2) is 6.10 Å². The number of aryl methyl sites for hydroxylation is 2. The van der Waals surface area contributed by atoms with E-state index in [2.05, 4.69) is 5.32 Å². The van der Waals surface area contributed by atoms with E-state index in [9.17, 15) is 9.59 Å².